The van der Waals surface area contributed by atoms with Crippen LogP contribution in [0.4, 0.5) is 0 Å². The van der Waals surface area contributed by atoms with Gasteiger partial charge < -0.3 is 38.3 Å². The number of carboxylic acids is 1. The van der Waals surface area contributed by atoms with Crippen LogP contribution >= 0.6 is 0 Å². The minimum Gasteiger partial charge on any atom is -0.491 e. The summed E-state index contributed by atoms with van der Waals surface area (Å²) in [6.45, 7) is 9.05. The van der Waals surface area contributed by atoms with E-state index < -0.39 is 12.1 Å². The Morgan fingerprint density at radius 2 is 1.37 bits per heavy atom. The maximum Gasteiger partial charge on any atom is 0.336 e. The highest BCUT2D eigenvalue weighted by atomic mass is 16.6. The zero-order valence-electron chi connectivity index (χ0n) is 25.2. The molecular weight excluding hydrogens is 552 g/mol. The maximum absolute atomic E-state index is 12.5. The molecule has 232 valence electrons. The van der Waals surface area contributed by atoms with Gasteiger partial charge in [0.2, 0.25) is 0 Å². The molecule has 9 heteroatoms. The lowest BCUT2D eigenvalue weighted by atomic mass is 9.83. The van der Waals surface area contributed by atoms with Crippen LogP contribution in [0, 0.1) is 0 Å². The van der Waals surface area contributed by atoms with Crippen LogP contribution in [0.25, 0.3) is 0 Å². The minimum absolute atomic E-state index is 0.0450. The molecule has 3 aromatic carbocycles. The van der Waals surface area contributed by atoms with E-state index in [-0.39, 0.29) is 37.4 Å². The van der Waals surface area contributed by atoms with Crippen LogP contribution in [0.15, 0.2) is 66.7 Å². The third-order valence-electron chi connectivity index (χ3n) is 6.80. The molecule has 1 heterocycles. The first-order chi connectivity index (χ1) is 20.8. The van der Waals surface area contributed by atoms with Gasteiger partial charge in [-0.25, -0.2) is 4.79 Å². The Labute approximate surface area is 253 Å². The Morgan fingerprint density at radius 3 is 2.02 bits per heavy atom. The fourth-order valence-corrected chi connectivity index (χ4v) is 4.46. The third-order valence-corrected chi connectivity index (χ3v) is 6.80. The zero-order chi connectivity index (χ0) is 30.5. The number of aromatic carboxylic acids is 1. The molecule has 0 fully saturated rings. The number of hydrogen-bond acceptors (Lipinski definition) is 8. The summed E-state index contributed by atoms with van der Waals surface area (Å²) in [5, 5.41) is 10.3. The Balaban J connectivity index is 1.62. The van der Waals surface area contributed by atoms with Crippen molar-refractivity contribution >= 4 is 5.97 Å². The van der Waals surface area contributed by atoms with Crippen LogP contribution in [0.2, 0.25) is 0 Å². The van der Waals surface area contributed by atoms with Gasteiger partial charge in [0.1, 0.15) is 31.7 Å². The highest BCUT2D eigenvalue weighted by Gasteiger charge is 2.24. The second-order valence-corrected chi connectivity index (χ2v) is 11.2. The molecule has 4 rings (SSSR count). The molecule has 0 amide bonds. The maximum atomic E-state index is 12.5. The quantitative estimate of drug-likeness (QED) is 0.410. The molecule has 0 spiro atoms. The van der Waals surface area contributed by atoms with E-state index in [4.69, 9.17) is 33.2 Å². The first-order valence-corrected chi connectivity index (χ1v) is 14.6. The van der Waals surface area contributed by atoms with Crippen LogP contribution < -0.4 is 14.2 Å². The van der Waals surface area contributed by atoms with E-state index in [0.717, 1.165) is 5.56 Å². The molecule has 0 saturated heterocycles. The topological polar surface area (TPSA) is 102 Å². The number of fused-ring (bicyclic) bond motifs is 3. The van der Waals surface area contributed by atoms with Crippen molar-refractivity contribution in [1.29, 1.82) is 0 Å². The molecule has 0 aliphatic carbocycles. The van der Waals surface area contributed by atoms with Gasteiger partial charge in [-0.15, -0.1) is 0 Å². The molecule has 1 aliphatic rings. The summed E-state index contributed by atoms with van der Waals surface area (Å²) in [5.74, 6) is 0.805. The molecule has 3 aromatic rings. The fourth-order valence-electron chi connectivity index (χ4n) is 4.46. The van der Waals surface area contributed by atoms with Crippen molar-refractivity contribution in [3.8, 4) is 17.2 Å². The predicted octanol–water partition coefficient (Wildman–Crippen LogP) is 5.67. The molecular formula is C34H42O9. The van der Waals surface area contributed by atoms with Gasteiger partial charge in [0.05, 0.1) is 51.8 Å². The van der Waals surface area contributed by atoms with Crippen LogP contribution in [0.5, 0.6) is 17.2 Å². The summed E-state index contributed by atoms with van der Waals surface area (Å²) in [7, 11) is 0. The Morgan fingerprint density at radius 1 is 0.791 bits per heavy atom. The largest absolute Gasteiger partial charge is 0.491 e. The first-order valence-electron chi connectivity index (χ1n) is 14.6. The van der Waals surface area contributed by atoms with E-state index >= 15 is 0 Å². The lowest BCUT2D eigenvalue weighted by Gasteiger charge is -2.24. The van der Waals surface area contributed by atoms with Gasteiger partial charge in [-0.2, -0.15) is 0 Å². The number of ether oxygens (including phenoxy) is 7. The van der Waals surface area contributed by atoms with Gasteiger partial charge in [0.15, 0.2) is 11.5 Å². The molecule has 9 nitrogen and oxygen atoms in total. The highest BCUT2D eigenvalue weighted by molar-refractivity contribution is 5.91. The first kappa shape index (κ1) is 32.3. The summed E-state index contributed by atoms with van der Waals surface area (Å²) >= 11 is 0. The minimum atomic E-state index is -1.04. The van der Waals surface area contributed by atoms with E-state index in [2.05, 4.69) is 20.8 Å². The molecule has 0 radical (unpaired) electrons. The molecule has 0 aromatic heterocycles. The molecule has 1 N–H and O–H groups in total. The summed E-state index contributed by atoms with van der Waals surface area (Å²) < 4.78 is 41.5. The van der Waals surface area contributed by atoms with Crippen LogP contribution in [0.3, 0.4) is 0 Å². The van der Waals surface area contributed by atoms with Crippen LogP contribution in [0.1, 0.15) is 47.8 Å². The van der Waals surface area contributed by atoms with Gasteiger partial charge in [0.25, 0.3) is 0 Å². The SMILES string of the molecule is CC(C)(C)c1cc2c(C(=O)O)c(c1)COC(COc1ccccc1)COc1ccccc1OCCOCCOCCOC2. The highest BCUT2D eigenvalue weighted by Crippen LogP contribution is 2.30. The Bertz CT molecular complexity index is 1290. The monoisotopic (exact) mass is 594 g/mol. The van der Waals surface area contributed by atoms with E-state index in [0.29, 0.717) is 68.0 Å². The number of hydrogen-bond donors (Lipinski definition) is 1. The molecule has 1 aliphatic heterocycles. The average molecular weight is 595 g/mol. The van der Waals surface area contributed by atoms with Crippen molar-refractivity contribution < 1.29 is 43.1 Å². The molecule has 43 heavy (non-hydrogen) atoms. The number of carboxylic acid groups (broad SMARTS) is 1. The van der Waals surface area contributed by atoms with Crippen molar-refractivity contribution in [2.45, 2.75) is 45.5 Å². The number of carbonyl (C=O) groups is 1. The number of para-hydroxylation sites is 3. The second kappa shape index (κ2) is 16.3. The van der Waals surface area contributed by atoms with E-state index in [1.807, 2.05) is 66.7 Å². The van der Waals surface area contributed by atoms with E-state index in [1.165, 1.54) is 0 Å². The van der Waals surface area contributed by atoms with Gasteiger partial charge >= 0.3 is 5.97 Å². The van der Waals surface area contributed by atoms with Crippen LogP contribution in [-0.4, -0.2) is 70.0 Å². The average Bonchev–Trinajstić information content (AvgIpc) is 2.99. The van der Waals surface area contributed by atoms with Gasteiger partial charge in [-0.3, -0.25) is 0 Å². The van der Waals surface area contributed by atoms with Crippen LogP contribution in [-0.2, 0) is 37.6 Å². The second-order valence-electron chi connectivity index (χ2n) is 11.2. The summed E-state index contributed by atoms with van der Waals surface area (Å²) in [5.41, 5.74) is 2.09. The smallest absolute Gasteiger partial charge is 0.336 e. The lowest BCUT2D eigenvalue weighted by Crippen LogP contribution is -2.29. The van der Waals surface area contributed by atoms with Crippen molar-refractivity contribution in [1.82, 2.24) is 0 Å². The summed E-state index contributed by atoms with van der Waals surface area (Å²) in [6.07, 6.45) is -0.525. The Hall–Kier alpha value is -3.63. The van der Waals surface area contributed by atoms with Crippen molar-refractivity contribution in [3.63, 3.8) is 0 Å². The van der Waals surface area contributed by atoms with Gasteiger partial charge in [0, 0.05) is 0 Å². The standard InChI is InChI=1S/C34H42O9/c1-34(2,3)27-19-25-21-39-16-15-37-13-14-38-17-18-40-30-11-7-8-12-31(30)43-24-29(23-42-28-9-5-4-6-10-28)41-22-26(20-27)32(25)33(35)36/h4-12,19-20,29H,13-18,21-24H2,1-3H3,(H,35,36). The molecule has 0 saturated carbocycles. The van der Waals surface area contributed by atoms with Crippen molar-refractivity contribution in [2.24, 2.45) is 0 Å². The number of benzene rings is 3. The molecule has 2 bridgehead atoms. The fraction of sp³-hybridized carbons (Fsp3) is 0.441. The summed E-state index contributed by atoms with van der Waals surface area (Å²) in [6, 6.07) is 20.7. The normalized spacial score (nSPS) is 17.8. The van der Waals surface area contributed by atoms with E-state index in [9.17, 15) is 9.90 Å². The Kier molecular flexibility index (Phi) is 12.2. The van der Waals surface area contributed by atoms with E-state index in [1.54, 1.807) is 0 Å². The summed E-state index contributed by atoms with van der Waals surface area (Å²) in [4.78, 5) is 12.5. The van der Waals surface area contributed by atoms with Gasteiger partial charge in [-0.05, 0) is 46.4 Å². The predicted molar refractivity (Wildman–Crippen MR) is 161 cm³/mol. The van der Waals surface area contributed by atoms with Gasteiger partial charge in [-0.1, -0.05) is 63.2 Å². The molecule has 1 atom stereocenters. The third kappa shape index (κ3) is 10.2. The molecule has 1 unspecified atom stereocenters. The van der Waals surface area contributed by atoms with Crippen molar-refractivity contribution in [3.05, 3.63) is 89.0 Å². The number of rotatable bonds is 4. The van der Waals surface area contributed by atoms with Crippen molar-refractivity contribution in [2.75, 3.05) is 52.9 Å². The lowest BCUT2D eigenvalue weighted by molar-refractivity contribution is -0.0177. The zero-order valence-corrected chi connectivity index (χ0v) is 25.2.